The molecule has 8 heteroatoms. The minimum Gasteiger partial charge on any atom is -0.387 e. The summed E-state index contributed by atoms with van der Waals surface area (Å²) in [4.78, 5) is 36.7. The van der Waals surface area contributed by atoms with Crippen molar-refractivity contribution >= 4 is 29.4 Å². The van der Waals surface area contributed by atoms with Crippen LogP contribution in [-0.4, -0.2) is 41.2 Å². The van der Waals surface area contributed by atoms with E-state index in [1.807, 2.05) is 68.1 Å². The molecule has 4 N–H and O–H groups in total. The van der Waals surface area contributed by atoms with Crippen molar-refractivity contribution in [2.45, 2.75) is 45.6 Å². The van der Waals surface area contributed by atoms with Crippen LogP contribution < -0.4 is 16.7 Å². The Morgan fingerprint density at radius 2 is 1.71 bits per heavy atom. The van der Waals surface area contributed by atoms with Gasteiger partial charge in [-0.1, -0.05) is 24.3 Å². The molecule has 0 bridgehead atoms. The molecule has 0 radical (unpaired) electrons. The number of hydrogen-bond acceptors (Lipinski definition) is 6. The van der Waals surface area contributed by atoms with Crippen molar-refractivity contribution in [2.75, 3.05) is 13.1 Å². The second-order valence-corrected chi connectivity index (χ2v) is 9.69. The van der Waals surface area contributed by atoms with E-state index < -0.39 is 0 Å². The molecule has 8 nitrogen and oxygen atoms in total. The number of amides is 2. The zero-order valence-electron chi connectivity index (χ0n) is 19.9. The van der Waals surface area contributed by atoms with Gasteiger partial charge in [0.1, 0.15) is 5.84 Å². The molecule has 1 saturated heterocycles. The Morgan fingerprint density at radius 1 is 1.03 bits per heavy atom. The number of carbonyl (C=O) groups is 2. The lowest BCUT2D eigenvalue weighted by Gasteiger charge is -2.19. The van der Waals surface area contributed by atoms with E-state index in [1.54, 1.807) is 6.08 Å². The Kier molecular flexibility index (Phi) is 6.81. The molecule has 2 aliphatic heterocycles. The molecule has 2 heterocycles. The first-order chi connectivity index (χ1) is 16.2. The molecule has 2 aliphatic rings. The van der Waals surface area contributed by atoms with Gasteiger partial charge in [-0.05, 0) is 69.0 Å². The molecule has 0 aliphatic carbocycles. The van der Waals surface area contributed by atoms with Gasteiger partial charge < -0.3 is 10.6 Å². The van der Waals surface area contributed by atoms with Gasteiger partial charge in [-0.3, -0.25) is 9.59 Å². The van der Waals surface area contributed by atoms with E-state index in [-0.39, 0.29) is 23.8 Å². The number of nitrogens with one attached hydrogen (secondary N) is 2. The number of nitrogens with two attached hydrogens (primary N) is 1. The van der Waals surface area contributed by atoms with Crippen LogP contribution in [0.2, 0.25) is 0 Å². The number of hydrogen-bond donors (Lipinski definition) is 3. The van der Waals surface area contributed by atoms with Crippen molar-refractivity contribution in [1.82, 2.24) is 15.9 Å². The highest BCUT2D eigenvalue weighted by Gasteiger charge is 2.20. The third-order valence-corrected chi connectivity index (χ3v) is 5.65. The lowest BCUT2D eigenvalue weighted by Crippen LogP contribution is -2.42. The minimum atomic E-state index is -0.384. The average Bonchev–Trinajstić information content (AvgIpc) is 3.27. The fourth-order valence-corrected chi connectivity index (χ4v) is 3.91. The Balaban J connectivity index is 1.52. The molecule has 1 fully saturated rings. The first kappa shape index (κ1) is 23.7. The van der Waals surface area contributed by atoms with Crippen molar-refractivity contribution in [3.8, 4) is 11.1 Å². The van der Waals surface area contributed by atoms with E-state index in [0.717, 1.165) is 42.6 Å². The molecule has 2 aromatic rings. The van der Waals surface area contributed by atoms with E-state index in [9.17, 15) is 9.59 Å². The molecule has 0 saturated carbocycles. The van der Waals surface area contributed by atoms with Crippen molar-refractivity contribution in [1.29, 1.82) is 0 Å². The molecule has 2 aromatic carbocycles. The van der Waals surface area contributed by atoms with Gasteiger partial charge in [0.2, 0.25) is 0 Å². The van der Waals surface area contributed by atoms with Gasteiger partial charge in [0.05, 0.1) is 5.69 Å². The summed E-state index contributed by atoms with van der Waals surface area (Å²) in [5.74, 6) is 0.0405. The lowest BCUT2D eigenvalue weighted by atomic mass is 10.00. The highest BCUT2D eigenvalue weighted by molar-refractivity contribution is 6.05. The Hall–Kier alpha value is -3.49. The van der Waals surface area contributed by atoms with Crippen LogP contribution in [0.25, 0.3) is 17.2 Å². The second kappa shape index (κ2) is 9.79. The van der Waals surface area contributed by atoms with Crippen LogP contribution in [0.3, 0.4) is 0 Å². The van der Waals surface area contributed by atoms with E-state index in [2.05, 4.69) is 16.0 Å². The Morgan fingerprint density at radius 3 is 2.38 bits per heavy atom. The van der Waals surface area contributed by atoms with Crippen LogP contribution in [0.1, 0.15) is 56.0 Å². The van der Waals surface area contributed by atoms with Gasteiger partial charge in [0.15, 0.2) is 0 Å². The van der Waals surface area contributed by atoms with Gasteiger partial charge in [0, 0.05) is 41.7 Å². The number of benzene rings is 2. The molecule has 4 rings (SSSR count). The van der Waals surface area contributed by atoms with E-state index in [1.165, 1.54) is 0 Å². The number of rotatable bonds is 5. The third kappa shape index (κ3) is 5.70. The smallest absolute Gasteiger partial charge is 0.272 e. The molecular weight excluding hydrogens is 430 g/mol. The van der Waals surface area contributed by atoms with E-state index >= 15 is 0 Å². The second-order valence-electron chi connectivity index (χ2n) is 9.69. The molecule has 2 amide bonds. The standard InChI is InChI=1S/C26H31N5O3/c1-26(2,3)30-34-29-24(32)21-14-20-11-10-19(15-22(20)28-23(27)16-21)17-6-8-18(9-7-17)25(33)31-12-4-5-13-31/h6-11,14-15,30H,4-5,12-13,16H2,1-3H3,(H2,27,28)(H,29,32). The normalized spacial score (nSPS) is 15.8. The van der Waals surface area contributed by atoms with Crippen LogP contribution in [0, 0.1) is 0 Å². The first-order valence-corrected chi connectivity index (χ1v) is 11.5. The number of likely N-dealkylation sites (tertiary alicyclic amines) is 1. The summed E-state index contributed by atoms with van der Waals surface area (Å²) < 4.78 is 0. The SMILES string of the molecule is CC(C)(C)NONC(=O)C1=Cc2ccc(-c3ccc(C(=O)N4CCCC4)cc3)cc2N=C(N)C1. The quantitative estimate of drug-likeness (QED) is 0.588. The highest BCUT2D eigenvalue weighted by Crippen LogP contribution is 2.32. The molecule has 34 heavy (non-hydrogen) atoms. The van der Waals surface area contributed by atoms with Crippen molar-refractivity contribution < 1.29 is 14.5 Å². The number of hydroxylamine groups is 2. The van der Waals surface area contributed by atoms with Gasteiger partial charge in [-0.2, -0.15) is 10.4 Å². The number of nitrogens with zero attached hydrogens (tertiary/aromatic N) is 2. The number of carbonyl (C=O) groups excluding carboxylic acids is 2. The fraction of sp³-hybridized carbons (Fsp3) is 0.346. The van der Waals surface area contributed by atoms with Gasteiger partial charge in [-0.15, -0.1) is 0 Å². The summed E-state index contributed by atoms with van der Waals surface area (Å²) in [6, 6.07) is 13.5. The lowest BCUT2D eigenvalue weighted by molar-refractivity contribution is -0.141. The monoisotopic (exact) mass is 461 g/mol. The van der Waals surface area contributed by atoms with Gasteiger partial charge in [-0.25, -0.2) is 10.5 Å². The molecule has 0 unspecified atom stereocenters. The van der Waals surface area contributed by atoms with Crippen molar-refractivity contribution in [2.24, 2.45) is 10.7 Å². The maximum Gasteiger partial charge on any atom is 0.272 e. The maximum absolute atomic E-state index is 12.6. The average molecular weight is 462 g/mol. The summed E-state index contributed by atoms with van der Waals surface area (Å²) >= 11 is 0. The Labute approximate surface area is 199 Å². The van der Waals surface area contributed by atoms with Crippen LogP contribution >= 0.6 is 0 Å². The van der Waals surface area contributed by atoms with Crippen LogP contribution in [0.4, 0.5) is 5.69 Å². The number of amidine groups is 1. The number of aliphatic imine (C=N–C) groups is 1. The summed E-state index contributed by atoms with van der Waals surface area (Å²) in [5, 5.41) is 0. The van der Waals surface area contributed by atoms with Crippen LogP contribution in [0.5, 0.6) is 0 Å². The Bertz CT molecular complexity index is 1140. The molecule has 0 aromatic heterocycles. The zero-order chi connectivity index (χ0) is 24.3. The maximum atomic E-state index is 12.6. The molecule has 178 valence electrons. The summed E-state index contributed by atoms with van der Waals surface area (Å²) in [6.45, 7) is 7.42. The van der Waals surface area contributed by atoms with Crippen molar-refractivity contribution in [3.63, 3.8) is 0 Å². The van der Waals surface area contributed by atoms with E-state index in [4.69, 9.17) is 10.7 Å². The number of fused-ring (bicyclic) bond motifs is 1. The first-order valence-electron chi connectivity index (χ1n) is 11.5. The highest BCUT2D eigenvalue weighted by atomic mass is 16.8. The predicted octanol–water partition coefficient (Wildman–Crippen LogP) is 3.72. The van der Waals surface area contributed by atoms with Crippen LogP contribution in [0.15, 0.2) is 53.0 Å². The van der Waals surface area contributed by atoms with Gasteiger partial charge in [0.25, 0.3) is 11.8 Å². The molecular formula is C26H31N5O3. The topological polar surface area (TPSA) is 109 Å². The van der Waals surface area contributed by atoms with Crippen molar-refractivity contribution in [3.05, 3.63) is 59.2 Å². The third-order valence-electron chi connectivity index (χ3n) is 5.65. The minimum absolute atomic E-state index is 0.0842. The summed E-state index contributed by atoms with van der Waals surface area (Å²) in [7, 11) is 0. The van der Waals surface area contributed by atoms with E-state index in [0.29, 0.717) is 22.7 Å². The zero-order valence-corrected chi connectivity index (χ0v) is 19.9. The summed E-state index contributed by atoms with van der Waals surface area (Å²) in [5.41, 5.74) is 15.5. The van der Waals surface area contributed by atoms with Crippen LogP contribution in [-0.2, 0) is 9.73 Å². The molecule has 0 atom stereocenters. The molecule has 0 spiro atoms. The largest absolute Gasteiger partial charge is 0.387 e. The predicted molar refractivity (Wildman–Crippen MR) is 133 cm³/mol. The fourth-order valence-electron chi connectivity index (χ4n) is 3.91. The van der Waals surface area contributed by atoms with Gasteiger partial charge >= 0.3 is 0 Å². The summed E-state index contributed by atoms with van der Waals surface area (Å²) in [6.07, 6.45) is 4.13.